The van der Waals surface area contributed by atoms with Gasteiger partial charge in [0.15, 0.2) is 0 Å². The highest BCUT2D eigenvalue weighted by atomic mass is 15.3. The third-order valence-corrected chi connectivity index (χ3v) is 7.29. The Bertz CT molecular complexity index is 1260. The number of rotatable bonds is 3. The molecule has 2 atom stereocenters. The maximum Gasteiger partial charge on any atom is 0.100 e. The highest BCUT2D eigenvalue weighted by Crippen LogP contribution is 2.41. The molecule has 2 aliphatic heterocycles. The molecular weight excluding hydrogens is 384 g/mol. The van der Waals surface area contributed by atoms with E-state index in [2.05, 4.69) is 61.7 Å². The maximum absolute atomic E-state index is 5.15. The molecule has 3 aromatic heterocycles. The molecule has 2 saturated heterocycles. The van der Waals surface area contributed by atoms with Crippen LogP contribution < -0.4 is 5.32 Å². The molecule has 5 heterocycles. The molecule has 2 N–H and O–H groups in total. The molecule has 4 aromatic rings. The number of pyridine rings is 1. The highest BCUT2D eigenvalue weighted by Gasteiger charge is 2.35. The van der Waals surface area contributed by atoms with E-state index in [1.807, 2.05) is 18.6 Å². The minimum absolute atomic E-state index is 0.466. The molecule has 2 fully saturated rings. The van der Waals surface area contributed by atoms with Gasteiger partial charge in [0.1, 0.15) is 5.69 Å². The lowest BCUT2D eigenvalue weighted by Gasteiger charge is -2.29. The first-order chi connectivity index (χ1) is 15.3. The molecule has 0 amide bonds. The van der Waals surface area contributed by atoms with Gasteiger partial charge in [-0.25, -0.2) is 0 Å². The van der Waals surface area contributed by atoms with Gasteiger partial charge in [-0.2, -0.15) is 10.2 Å². The molecule has 154 valence electrons. The van der Waals surface area contributed by atoms with Gasteiger partial charge in [0.2, 0.25) is 0 Å². The van der Waals surface area contributed by atoms with E-state index in [0.717, 1.165) is 23.4 Å². The largest absolute Gasteiger partial charge is 0.311 e. The van der Waals surface area contributed by atoms with Crippen molar-refractivity contribution in [2.75, 3.05) is 0 Å². The molecule has 0 saturated carbocycles. The molecule has 6 heteroatoms. The van der Waals surface area contributed by atoms with E-state index >= 15 is 0 Å². The van der Waals surface area contributed by atoms with Gasteiger partial charge < -0.3 is 5.32 Å². The van der Waals surface area contributed by atoms with Gasteiger partial charge in [-0.05, 0) is 48.9 Å². The van der Waals surface area contributed by atoms with Crippen LogP contribution in [0.4, 0.5) is 0 Å². The highest BCUT2D eigenvalue weighted by molar-refractivity contribution is 5.83. The molecule has 2 bridgehead atoms. The van der Waals surface area contributed by atoms with E-state index in [9.17, 15) is 0 Å². The van der Waals surface area contributed by atoms with Crippen LogP contribution in [0.3, 0.4) is 0 Å². The first kappa shape index (κ1) is 17.4. The first-order valence-electron chi connectivity index (χ1n) is 11.2. The predicted octanol–water partition coefficient (Wildman–Crippen LogP) is 4.36. The lowest BCUT2D eigenvalue weighted by molar-refractivity contribution is 0.282. The number of fused-ring (bicyclic) bond motifs is 5. The van der Waals surface area contributed by atoms with Gasteiger partial charge in [-0.1, -0.05) is 18.2 Å². The van der Waals surface area contributed by atoms with Gasteiger partial charge in [0.05, 0.1) is 17.9 Å². The molecule has 1 aliphatic carbocycles. The summed E-state index contributed by atoms with van der Waals surface area (Å²) in [5, 5.41) is 16.2. The summed E-state index contributed by atoms with van der Waals surface area (Å²) < 4.78 is 2.25. The van der Waals surface area contributed by atoms with Crippen molar-refractivity contribution in [3.63, 3.8) is 0 Å². The second kappa shape index (κ2) is 6.62. The molecule has 1 aromatic carbocycles. The summed E-state index contributed by atoms with van der Waals surface area (Å²) in [7, 11) is 0. The van der Waals surface area contributed by atoms with Gasteiger partial charge >= 0.3 is 0 Å². The summed E-state index contributed by atoms with van der Waals surface area (Å²) in [4.78, 5) is 4.21. The normalized spacial score (nSPS) is 23.7. The quantitative estimate of drug-likeness (QED) is 0.465. The molecule has 7 rings (SSSR count). The fourth-order valence-corrected chi connectivity index (χ4v) is 5.79. The van der Waals surface area contributed by atoms with Gasteiger partial charge in [0, 0.05) is 59.3 Å². The third kappa shape index (κ3) is 2.78. The van der Waals surface area contributed by atoms with Crippen LogP contribution in [0.5, 0.6) is 0 Å². The van der Waals surface area contributed by atoms with E-state index in [0.29, 0.717) is 18.1 Å². The minimum atomic E-state index is 0.466. The molecular formula is C25H24N6. The molecule has 2 unspecified atom stereocenters. The Balaban J connectivity index is 1.33. The van der Waals surface area contributed by atoms with Crippen LogP contribution in [0.25, 0.3) is 33.6 Å². The molecule has 6 nitrogen and oxygen atoms in total. The van der Waals surface area contributed by atoms with Crippen LogP contribution in [0.15, 0.2) is 55.1 Å². The van der Waals surface area contributed by atoms with Crippen molar-refractivity contribution in [2.45, 2.75) is 50.2 Å². The van der Waals surface area contributed by atoms with Crippen LogP contribution in [0, 0.1) is 0 Å². The summed E-state index contributed by atoms with van der Waals surface area (Å²) in [6.45, 7) is 0. The van der Waals surface area contributed by atoms with Crippen LogP contribution in [0.1, 0.15) is 42.9 Å². The van der Waals surface area contributed by atoms with Gasteiger partial charge in [-0.15, -0.1) is 0 Å². The Labute approximate surface area is 180 Å². The number of aromatic nitrogens is 5. The SMILES string of the molecule is c1cc(-c2nn(C3CC4CCC(C3)N4)cc2-c2ccc3c(c2)Cc2cn[nH]c2-3)ccn1. The molecule has 31 heavy (non-hydrogen) atoms. The van der Waals surface area contributed by atoms with Crippen LogP contribution in [-0.2, 0) is 6.42 Å². The fraction of sp³-hybridized carbons (Fsp3) is 0.320. The predicted molar refractivity (Wildman–Crippen MR) is 119 cm³/mol. The Hall–Kier alpha value is -3.25. The van der Waals surface area contributed by atoms with Gasteiger partial charge in [-0.3, -0.25) is 14.8 Å². The minimum Gasteiger partial charge on any atom is -0.311 e. The van der Waals surface area contributed by atoms with Crippen molar-refractivity contribution in [2.24, 2.45) is 0 Å². The number of nitrogens with zero attached hydrogens (tertiary/aromatic N) is 4. The van der Waals surface area contributed by atoms with E-state index < -0.39 is 0 Å². The van der Waals surface area contributed by atoms with Crippen LogP contribution in [-0.4, -0.2) is 37.0 Å². The molecule has 0 radical (unpaired) electrons. The standard InChI is InChI=1S/C25H24N6/c1-4-22-17(10-18-13-27-29-24(18)22)9-16(1)23-14-31(21-11-19-2-3-20(12-21)28-19)30-25(23)15-5-7-26-8-6-15/h1,4-9,13-14,19-21,28H,2-3,10-12H2,(H,27,29). The Morgan fingerprint density at radius 2 is 1.74 bits per heavy atom. The van der Waals surface area contributed by atoms with Crippen molar-refractivity contribution in [1.29, 1.82) is 0 Å². The van der Waals surface area contributed by atoms with Crippen molar-refractivity contribution in [1.82, 2.24) is 30.3 Å². The lowest BCUT2D eigenvalue weighted by Crippen LogP contribution is -2.39. The number of nitrogens with one attached hydrogen (secondary N) is 2. The summed E-state index contributed by atoms with van der Waals surface area (Å²) >= 11 is 0. The second-order valence-corrected chi connectivity index (χ2v) is 9.19. The summed E-state index contributed by atoms with van der Waals surface area (Å²) in [6, 6.07) is 12.7. The summed E-state index contributed by atoms with van der Waals surface area (Å²) in [5.41, 5.74) is 9.67. The average Bonchev–Trinajstić information content (AvgIpc) is 3.57. The van der Waals surface area contributed by atoms with E-state index in [4.69, 9.17) is 5.10 Å². The molecule has 0 spiro atoms. The summed E-state index contributed by atoms with van der Waals surface area (Å²) in [6.07, 6.45) is 13.8. The van der Waals surface area contributed by atoms with Gasteiger partial charge in [0.25, 0.3) is 0 Å². The number of benzene rings is 1. The lowest BCUT2D eigenvalue weighted by atomic mass is 9.98. The van der Waals surface area contributed by atoms with Crippen molar-refractivity contribution < 1.29 is 0 Å². The third-order valence-electron chi connectivity index (χ3n) is 7.29. The Morgan fingerprint density at radius 3 is 2.58 bits per heavy atom. The van der Waals surface area contributed by atoms with E-state index in [-0.39, 0.29) is 0 Å². The number of H-pyrrole nitrogens is 1. The zero-order chi connectivity index (χ0) is 20.4. The Kier molecular flexibility index (Phi) is 3.72. The number of hydrogen-bond donors (Lipinski definition) is 2. The van der Waals surface area contributed by atoms with Crippen LogP contribution in [0.2, 0.25) is 0 Å². The van der Waals surface area contributed by atoms with E-state index in [1.165, 1.54) is 53.5 Å². The van der Waals surface area contributed by atoms with Crippen molar-refractivity contribution in [3.05, 3.63) is 66.2 Å². The monoisotopic (exact) mass is 408 g/mol. The topological polar surface area (TPSA) is 71.4 Å². The number of hydrogen-bond acceptors (Lipinski definition) is 4. The second-order valence-electron chi connectivity index (χ2n) is 9.19. The summed E-state index contributed by atoms with van der Waals surface area (Å²) in [5.74, 6) is 0. The Morgan fingerprint density at radius 1 is 0.903 bits per heavy atom. The average molecular weight is 409 g/mol. The number of piperidine rings is 1. The van der Waals surface area contributed by atoms with Crippen molar-refractivity contribution in [3.8, 4) is 33.6 Å². The fourth-order valence-electron chi connectivity index (χ4n) is 5.79. The van der Waals surface area contributed by atoms with Crippen LogP contribution >= 0.6 is 0 Å². The smallest absolute Gasteiger partial charge is 0.100 e. The maximum atomic E-state index is 5.15. The molecule has 3 aliphatic rings. The number of aromatic amines is 1. The zero-order valence-electron chi connectivity index (χ0n) is 17.3. The van der Waals surface area contributed by atoms with Crippen molar-refractivity contribution >= 4 is 0 Å². The first-order valence-corrected chi connectivity index (χ1v) is 11.2. The van der Waals surface area contributed by atoms with E-state index in [1.54, 1.807) is 0 Å². The zero-order valence-corrected chi connectivity index (χ0v) is 17.3.